The Balaban J connectivity index is 1.99. The van der Waals surface area contributed by atoms with Gasteiger partial charge in [-0.15, -0.1) is 0 Å². The second-order valence-electron chi connectivity index (χ2n) is 5.07. The summed E-state index contributed by atoms with van der Waals surface area (Å²) in [7, 11) is -3.84. The minimum atomic E-state index is -4.44. The maximum atomic E-state index is 12.1. The third kappa shape index (κ3) is 3.58. The van der Waals surface area contributed by atoms with Crippen molar-refractivity contribution in [3.05, 3.63) is 0 Å². The van der Waals surface area contributed by atoms with E-state index < -0.39 is 28.4 Å². The summed E-state index contributed by atoms with van der Waals surface area (Å²) in [5, 5.41) is 0. The lowest BCUT2D eigenvalue weighted by Gasteiger charge is -2.23. The lowest BCUT2D eigenvalue weighted by Crippen LogP contribution is -2.38. The van der Waals surface area contributed by atoms with Crippen LogP contribution in [0.1, 0.15) is 19.3 Å². The Morgan fingerprint density at radius 3 is 2.50 bits per heavy atom. The van der Waals surface area contributed by atoms with Crippen LogP contribution in [0.2, 0.25) is 0 Å². The molecule has 4 nitrogen and oxygen atoms in total. The quantitative estimate of drug-likeness (QED) is 0.788. The zero-order valence-electron chi connectivity index (χ0n) is 9.87. The number of sulfonamides is 1. The monoisotopic (exact) mass is 287 g/mol. The molecule has 0 aromatic rings. The summed E-state index contributed by atoms with van der Waals surface area (Å²) in [6.45, 7) is 1.22. The van der Waals surface area contributed by atoms with E-state index in [1.807, 2.05) is 0 Å². The van der Waals surface area contributed by atoms with Gasteiger partial charge in [0.05, 0.1) is 25.4 Å². The van der Waals surface area contributed by atoms with Gasteiger partial charge in [-0.2, -0.15) is 17.5 Å². The summed E-state index contributed by atoms with van der Waals surface area (Å²) < 4.78 is 66.5. The van der Waals surface area contributed by atoms with Gasteiger partial charge in [-0.05, 0) is 12.8 Å². The van der Waals surface area contributed by atoms with Crippen LogP contribution in [0.15, 0.2) is 0 Å². The van der Waals surface area contributed by atoms with Crippen LogP contribution in [0, 0.1) is 5.41 Å². The summed E-state index contributed by atoms with van der Waals surface area (Å²) in [6, 6.07) is 0. The molecule has 1 saturated carbocycles. The second kappa shape index (κ2) is 4.64. The molecular weight excluding hydrogens is 271 g/mol. The van der Waals surface area contributed by atoms with Gasteiger partial charge in [0, 0.05) is 18.5 Å². The van der Waals surface area contributed by atoms with E-state index in [4.69, 9.17) is 4.74 Å². The minimum absolute atomic E-state index is 0.137. The summed E-state index contributed by atoms with van der Waals surface area (Å²) in [5.41, 5.74) is -0.137. The molecule has 0 bridgehead atoms. The van der Waals surface area contributed by atoms with Crippen molar-refractivity contribution in [1.29, 1.82) is 0 Å². The number of nitrogens with zero attached hydrogens (tertiary/aromatic N) is 1. The van der Waals surface area contributed by atoms with Crippen LogP contribution >= 0.6 is 0 Å². The van der Waals surface area contributed by atoms with Crippen LogP contribution in [0.25, 0.3) is 0 Å². The van der Waals surface area contributed by atoms with Gasteiger partial charge in [0.25, 0.3) is 0 Å². The van der Waals surface area contributed by atoms with Crippen LogP contribution in [0.3, 0.4) is 0 Å². The Morgan fingerprint density at radius 2 is 1.94 bits per heavy atom. The van der Waals surface area contributed by atoms with Gasteiger partial charge in [-0.25, -0.2) is 8.42 Å². The fraction of sp³-hybridized carbons (Fsp3) is 1.00. The lowest BCUT2D eigenvalue weighted by atomic mass is 10.1. The standard InChI is InChI=1S/C10H16F3NO3S/c11-10(12,13)3-6-18(15,16)14-4-5-17-8-9(7-14)1-2-9/h1-8H2. The van der Waals surface area contributed by atoms with Gasteiger partial charge in [-0.1, -0.05) is 0 Å². The molecule has 0 aromatic heterocycles. The third-order valence-corrected chi connectivity index (χ3v) is 5.22. The average Bonchev–Trinajstić information content (AvgIpc) is 3.03. The predicted octanol–water partition coefficient (Wildman–Crippen LogP) is 1.38. The molecule has 1 heterocycles. The summed E-state index contributed by atoms with van der Waals surface area (Å²) >= 11 is 0. The predicted molar refractivity (Wildman–Crippen MR) is 58.5 cm³/mol. The highest BCUT2D eigenvalue weighted by Crippen LogP contribution is 2.47. The van der Waals surface area contributed by atoms with E-state index in [-0.39, 0.29) is 18.6 Å². The summed E-state index contributed by atoms with van der Waals surface area (Å²) in [5.74, 6) is -0.868. The first-order chi connectivity index (χ1) is 8.23. The molecule has 1 aliphatic heterocycles. The molecule has 2 rings (SSSR count). The molecule has 1 saturated heterocycles. The Bertz CT molecular complexity index is 403. The zero-order valence-corrected chi connectivity index (χ0v) is 10.7. The highest BCUT2D eigenvalue weighted by atomic mass is 32.2. The van der Waals surface area contributed by atoms with Gasteiger partial charge in [0.2, 0.25) is 10.0 Å². The van der Waals surface area contributed by atoms with Crippen molar-refractivity contribution in [2.24, 2.45) is 5.41 Å². The molecule has 2 aliphatic rings. The van der Waals surface area contributed by atoms with Crippen molar-refractivity contribution < 1.29 is 26.3 Å². The van der Waals surface area contributed by atoms with Crippen LogP contribution in [0.5, 0.6) is 0 Å². The van der Waals surface area contributed by atoms with Gasteiger partial charge in [0.1, 0.15) is 0 Å². The van der Waals surface area contributed by atoms with Gasteiger partial charge < -0.3 is 4.74 Å². The van der Waals surface area contributed by atoms with E-state index in [9.17, 15) is 21.6 Å². The molecule has 8 heteroatoms. The number of hydrogen-bond acceptors (Lipinski definition) is 3. The molecule has 2 fully saturated rings. The number of hydrogen-bond donors (Lipinski definition) is 0. The Morgan fingerprint density at radius 1 is 1.28 bits per heavy atom. The first-order valence-corrected chi connectivity index (χ1v) is 7.46. The van der Waals surface area contributed by atoms with E-state index in [0.29, 0.717) is 13.2 Å². The van der Waals surface area contributed by atoms with Gasteiger partial charge >= 0.3 is 6.18 Å². The molecule has 0 unspecified atom stereocenters. The fourth-order valence-corrected chi connectivity index (χ4v) is 3.62. The number of rotatable bonds is 3. The van der Waals surface area contributed by atoms with Gasteiger partial charge in [-0.3, -0.25) is 0 Å². The van der Waals surface area contributed by atoms with Crippen LogP contribution in [-0.4, -0.2) is 51.0 Å². The Hall–Kier alpha value is -0.340. The van der Waals surface area contributed by atoms with Crippen molar-refractivity contribution in [3.8, 4) is 0 Å². The largest absolute Gasteiger partial charge is 0.390 e. The number of alkyl halides is 3. The van der Waals surface area contributed by atoms with E-state index in [1.54, 1.807) is 0 Å². The van der Waals surface area contributed by atoms with E-state index in [0.717, 1.165) is 12.8 Å². The molecule has 1 aliphatic carbocycles. The summed E-state index contributed by atoms with van der Waals surface area (Å²) in [6.07, 6.45) is -3.96. The van der Waals surface area contributed by atoms with Gasteiger partial charge in [0.15, 0.2) is 0 Å². The average molecular weight is 287 g/mol. The van der Waals surface area contributed by atoms with Crippen molar-refractivity contribution in [3.63, 3.8) is 0 Å². The van der Waals surface area contributed by atoms with Crippen LogP contribution in [0.4, 0.5) is 13.2 Å². The molecule has 18 heavy (non-hydrogen) atoms. The topological polar surface area (TPSA) is 46.6 Å². The molecule has 1 spiro atoms. The molecule has 0 radical (unpaired) electrons. The maximum Gasteiger partial charge on any atom is 0.390 e. The maximum absolute atomic E-state index is 12.1. The van der Waals surface area contributed by atoms with Crippen molar-refractivity contribution in [2.75, 3.05) is 32.1 Å². The van der Waals surface area contributed by atoms with Crippen LogP contribution in [-0.2, 0) is 14.8 Å². The van der Waals surface area contributed by atoms with Crippen molar-refractivity contribution >= 4 is 10.0 Å². The van der Waals surface area contributed by atoms with E-state index in [1.165, 1.54) is 4.31 Å². The molecular formula is C10H16F3NO3S. The first kappa shape index (κ1) is 14.1. The summed E-state index contributed by atoms with van der Waals surface area (Å²) in [4.78, 5) is 0. The number of halogens is 3. The minimum Gasteiger partial charge on any atom is -0.379 e. The fourth-order valence-electron chi connectivity index (χ4n) is 2.04. The molecule has 0 atom stereocenters. The van der Waals surface area contributed by atoms with E-state index >= 15 is 0 Å². The molecule has 106 valence electrons. The smallest absolute Gasteiger partial charge is 0.379 e. The molecule has 0 amide bonds. The van der Waals surface area contributed by atoms with Crippen LogP contribution < -0.4 is 0 Å². The molecule has 0 aromatic carbocycles. The lowest BCUT2D eigenvalue weighted by molar-refractivity contribution is -0.130. The second-order valence-corrected chi connectivity index (χ2v) is 7.16. The first-order valence-electron chi connectivity index (χ1n) is 5.85. The molecule has 0 N–H and O–H groups in total. The number of ether oxygens (including phenoxy) is 1. The Labute approximate surface area is 104 Å². The Kier molecular flexibility index (Phi) is 3.63. The third-order valence-electron chi connectivity index (χ3n) is 3.40. The van der Waals surface area contributed by atoms with Crippen molar-refractivity contribution in [1.82, 2.24) is 4.31 Å². The highest BCUT2D eigenvalue weighted by Gasteiger charge is 2.47. The van der Waals surface area contributed by atoms with E-state index in [2.05, 4.69) is 0 Å². The highest BCUT2D eigenvalue weighted by molar-refractivity contribution is 7.89. The van der Waals surface area contributed by atoms with Crippen molar-refractivity contribution in [2.45, 2.75) is 25.4 Å². The SMILES string of the molecule is O=S(=O)(CCC(F)(F)F)N1CCOCC2(CC2)C1. The zero-order chi connectivity index (χ0) is 13.4. The normalized spacial score (nSPS) is 25.1.